The predicted molar refractivity (Wildman–Crippen MR) is 79.4 cm³/mol. The molecule has 2 heterocycles. The van der Waals surface area contributed by atoms with Gasteiger partial charge in [-0.3, -0.25) is 19.6 Å². The van der Waals surface area contributed by atoms with Gasteiger partial charge in [-0.15, -0.1) is 11.3 Å². The molecule has 0 aliphatic heterocycles. The number of carboxylic acid groups (broad SMARTS) is 1. The van der Waals surface area contributed by atoms with Crippen LogP contribution in [0.25, 0.3) is 10.7 Å². The zero-order chi connectivity index (χ0) is 15.5. The molecule has 1 aliphatic rings. The monoisotopic (exact) mass is 318 g/mol. The highest BCUT2D eigenvalue weighted by Gasteiger charge is 2.34. The van der Waals surface area contributed by atoms with Crippen LogP contribution in [-0.4, -0.2) is 38.0 Å². The Morgan fingerprint density at radius 1 is 1.32 bits per heavy atom. The van der Waals surface area contributed by atoms with Gasteiger partial charge in [-0.1, -0.05) is 6.42 Å². The summed E-state index contributed by atoms with van der Waals surface area (Å²) in [5.41, 5.74) is 0.887. The summed E-state index contributed by atoms with van der Waals surface area (Å²) >= 11 is 1.31. The fourth-order valence-corrected chi connectivity index (χ4v) is 3.34. The zero-order valence-corrected chi connectivity index (χ0v) is 12.4. The van der Waals surface area contributed by atoms with Crippen molar-refractivity contribution < 1.29 is 14.7 Å². The Bertz CT molecular complexity index is 688. The van der Waals surface area contributed by atoms with E-state index in [0.717, 1.165) is 6.42 Å². The lowest BCUT2D eigenvalue weighted by atomic mass is 10.0. The van der Waals surface area contributed by atoms with E-state index in [1.54, 1.807) is 24.0 Å². The summed E-state index contributed by atoms with van der Waals surface area (Å²) in [6.07, 6.45) is 6.80. The van der Waals surface area contributed by atoms with Crippen LogP contribution < -0.4 is 5.32 Å². The zero-order valence-electron chi connectivity index (χ0n) is 11.6. The largest absolute Gasteiger partial charge is 0.481 e. The summed E-state index contributed by atoms with van der Waals surface area (Å²) < 4.78 is 0. The number of carbonyl (C=O) groups excluding carboxylic acids is 1. The Balaban J connectivity index is 1.71. The van der Waals surface area contributed by atoms with Crippen molar-refractivity contribution in [3.8, 4) is 10.7 Å². The maximum atomic E-state index is 12.2. The molecular weight excluding hydrogens is 304 g/mol. The lowest BCUT2D eigenvalue weighted by Crippen LogP contribution is -2.40. The first-order valence-electron chi connectivity index (χ1n) is 6.90. The van der Waals surface area contributed by atoms with Crippen LogP contribution in [0.5, 0.6) is 0 Å². The second-order valence-corrected chi connectivity index (χ2v) is 5.94. The quantitative estimate of drug-likeness (QED) is 0.887. The average Bonchev–Trinajstić information content (AvgIpc) is 3.17. The standard InChI is InChI=1S/C14H14N4O3S/c19-12(17-9-3-1-2-8(9)14(20)21)11-7-22-13(18-11)10-6-15-4-5-16-10/h4-9H,1-3H2,(H,17,19)(H,20,21)/t8-,9+/m1/s1. The fourth-order valence-electron chi connectivity index (χ4n) is 2.58. The first kappa shape index (κ1) is 14.6. The molecule has 0 bridgehead atoms. The maximum Gasteiger partial charge on any atom is 0.308 e. The lowest BCUT2D eigenvalue weighted by molar-refractivity contribution is -0.142. The molecule has 114 valence electrons. The third-order valence-corrected chi connectivity index (χ3v) is 4.53. The van der Waals surface area contributed by atoms with Gasteiger partial charge in [-0.05, 0) is 12.8 Å². The molecule has 2 atom stereocenters. The SMILES string of the molecule is O=C(N[C@H]1CCC[C@H]1C(=O)O)c1csc(-c2cnccn2)n1. The predicted octanol–water partition coefficient (Wildman–Crippen LogP) is 1.58. The van der Waals surface area contributed by atoms with E-state index in [1.807, 2.05) is 0 Å². The van der Waals surface area contributed by atoms with E-state index >= 15 is 0 Å². The highest BCUT2D eigenvalue weighted by Crippen LogP contribution is 2.26. The number of rotatable bonds is 4. The normalized spacial score (nSPS) is 20.7. The first-order valence-corrected chi connectivity index (χ1v) is 7.78. The number of nitrogens with zero attached hydrogens (tertiary/aromatic N) is 3. The van der Waals surface area contributed by atoms with Crippen LogP contribution in [0.15, 0.2) is 24.0 Å². The van der Waals surface area contributed by atoms with Crippen molar-refractivity contribution in [3.63, 3.8) is 0 Å². The van der Waals surface area contributed by atoms with Gasteiger partial charge in [0.15, 0.2) is 0 Å². The van der Waals surface area contributed by atoms with E-state index in [4.69, 9.17) is 5.11 Å². The number of aromatic nitrogens is 3. The van der Waals surface area contributed by atoms with Gasteiger partial charge in [0.25, 0.3) is 5.91 Å². The van der Waals surface area contributed by atoms with Crippen molar-refractivity contribution in [1.29, 1.82) is 0 Å². The van der Waals surface area contributed by atoms with Crippen molar-refractivity contribution >= 4 is 23.2 Å². The maximum absolute atomic E-state index is 12.2. The summed E-state index contributed by atoms with van der Waals surface area (Å²) in [6.45, 7) is 0. The van der Waals surface area contributed by atoms with E-state index in [0.29, 0.717) is 23.5 Å². The second-order valence-electron chi connectivity index (χ2n) is 5.08. The van der Waals surface area contributed by atoms with Crippen LogP contribution in [0, 0.1) is 5.92 Å². The third-order valence-electron chi connectivity index (χ3n) is 3.67. The van der Waals surface area contributed by atoms with E-state index in [-0.39, 0.29) is 17.6 Å². The molecule has 7 nitrogen and oxygen atoms in total. The van der Waals surface area contributed by atoms with E-state index in [9.17, 15) is 9.59 Å². The van der Waals surface area contributed by atoms with Gasteiger partial charge < -0.3 is 10.4 Å². The summed E-state index contributed by atoms with van der Waals surface area (Å²) in [6, 6.07) is -0.327. The van der Waals surface area contributed by atoms with Gasteiger partial charge in [-0.25, -0.2) is 4.98 Å². The van der Waals surface area contributed by atoms with Gasteiger partial charge in [0.05, 0.1) is 12.1 Å². The highest BCUT2D eigenvalue weighted by molar-refractivity contribution is 7.13. The van der Waals surface area contributed by atoms with Crippen molar-refractivity contribution in [1.82, 2.24) is 20.3 Å². The number of carboxylic acids is 1. The number of hydrogen-bond acceptors (Lipinski definition) is 6. The number of amides is 1. The van der Waals surface area contributed by atoms with Gasteiger partial charge in [0.2, 0.25) is 0 Å². The molecule has 0 spiro atoms. The smallest absolute Gasteiger partial charge is 0.308 e. The Kier molecular flexibility index (Phi) is 4.10. The molecule has 2 aromatic heterocycles. The van der Waals surface area contributed by atoms with Gasteiger partial charge >= 0.3 is 5.97 Å². The third kappa shape index (κ3) is 2.96. The minimum atomic E-state index is -0.860. The molecule has 1 fully saturated rings. The first-order chi connectivity index (χ1) is 10.6. The number of nitrogens with one attached hydrogen (secondary N) is 1. The van der Waals surface area contributed by atoms with E-state index in [1.165, 1.54) is 11.3 Å². The molecule has 1 aliphatic carbocycles. The second kappa shape index (κ2) is 6.18. The van der Waals surface area contributed by atoms with Crippen LogP contribution in [0.1, 0.15) is 29.8 Å². The van der Waals surface area contributed by atoms with Crippen molar-refractivity contribution in [2.24, 2.45) is 5.92 Å². The van der Waals surface area contributed by atoms with E-state index < -0.39 is 11.9 Å². The Hall–Kier alpha value is -2.35. The Labute approximate surface area is 130 Å². The molecule has 3 rings (SSSR count). The topological polar surface area (TPSA) is 105 Å². The Morgan fingerprint density at radius 3 is 2.91 bits per heavy atom. The summed E-state index contributed by atoms with van der Waals surface area (Å²) in [4.78, 5) is 35.7. The van der Waals surface area contributed by atoms with Crippen LogP contribution in [0.4, 0.5) is 0 Å². The molecule has 0 saturated heterocycles. The molecule has 0 radical (unpaired) electrons. The minimum Gasteiger partial charge on any atom is -0.481 e. The lowest BCUT2D eigenvalue weighted by Gasteiger charge is -2.16. The average molecular weight is 318 g/mol. The highest BCUT2D eigenvalue weighted by atomic mass is 32.1. The van der Waals surface area contributed by atoms with Crippen LogP contribution in [0.3, 0.4) is 0 Å². The Morgan fingerprint density at radius 2 is 2.18 bits per heavy atom. The van der Waals surface area contributed by atoms with Gasteiger partial charge in [-0.2, -0.15) is 0 Å². The number of carbonyl (C=O) groups is 2. The van der Waals surface area contributed by atoms with Crippen molar-refractivity contribution in [2.75, 3.05) is 0 Å². The van der Waals surface area contributed by atoms with Gasteiger partial charge in [0, 0.05) is 23.8 Å². The molecule has 1 saturated carbocycles. The van der Waals surface area contributed by atoms with E-state index in [2.05, 4.69) is 20.3 Å². The molecule has 1 amide bonds. The minimum absolute atomic E-state index is 0.279. The molecule has 2 N–H and O–H groups in total. The van der Waals surface area contributed by atoms with Crippen LogP contribution in [0.2, 0.25) is 0 Å². The van der Waals surface area contributed by atoms with Crippen molar-refractivity contribution in [2.45, 2.75) is 25.3 Å². The number of thiazole rings is 1. The summed E-state index contributed by atoms with van der Waals surface area (Å²) in [5.74, 6) is -1.71. The van der Waals surface area contributed by atoms with Crippen LogP contribution >= 0.6 is 11.3 Å². The molecule has 22 heavy (non-hydrogen) atoms. The van der Waals surface area contributed by atoms with Crippen LogP contribution in [-0.2, 0) is 4.79 Å². The van der Waals surface area contributed by atoms with Crippen molar-refractivity contribution in [3.05, 3.63) is 29.7 Å². The molecule has 8 heteroatoms. The fraction of sp³-hybridized carbons (Fsp3) is 0.357. The summed E-state index contributed by atoms with van der Waals surface area (Å²) in [5, 5.41) is 14.2. The molecular formula is C14H14N4O3S. The molecule has 0 aromatic carbocycles. The molecule has 2 aromatic rings. The molecule has 0 unspecified atom stereocenters. The number of aliphatic carboxylic acids is 1. The number of hydrogen-bond donors (Lipinski definition) is 2. The van der Waals surface area contributed by atoms with Gasteiger partial charge in [0.1, 0.15) is 16.4 Å². The summed E-state index contributed by atoms with van der Waals surface area (Å²) in [7, 11) is 0.